The second-order valence-electron chi connectivity index (χ2n) is 4.34. The Balaban J connectivity index is 3.31. The lowest BCUT2D eigenvalue weighted by Gasteiger charge is -2.07. The molecule has 0 aliphatic carbocycles. The molecule has 0 atom stereocenters. The molecule has 0 aromatic rings. The van der Waals surface area contributed by atoms with Crippen LogP contribution < -0.4 is 10.6 Å². The normalized spacial score (nSPS) is 10.2. The average Bonchev–Trinajstić information content (AvgIpc) is 2.25. The molecule has 0 aliphatic heterocycles. The first-order valence-electron chi connectivity index (χ1n) is 6.09. The Hall–Kier alpha value is -1.06. The Labute approximate surface area is 98.2 Å². The predicted molar refractivity (Wildman–Crippen MR) is 65.0 cm³/mol. The standard InChI is InChI=1S/C12H24N2O2/c1-4-11(15)13-8-5-9-14-12(16)7-6-10(2)3/h10H,4-9H2,1-3H3,(H,13,15)(H,14,16). The van der Waals surface area contributed by atoms with E-state index >= 15 is 0 Å². The van der Waals surface area contributed by atoms with Crippen LogP contribution in [0.1, 0.15) is 46.5 Å². The molecule has 2 N–H and O–H groups in total. The van der Waals surface area contributed by atoms with E-state index in [2.05, 4.69) is 24.5 Å². The second-order valence-corrected chi connectivity index (χ2v) is 4.34. The van der Waals surface area contributed by atoms with Crippen molar-refractivity contribution >= 4 is 11.8 Å². The molecule has 0 aromatic carbocycles. The Morgan fingerprint density at radius 3 is 2.12 bits per heavy atom. The van der Waals surface area contributed by atoms with Crippen molar-refractivity contribution in [2.75, 3.05) is 13.1 Å². The zero-order valence-corrected chi connectivity index (χ0v) is 10.6. The van der Waals surface area contributed by atoms with Gasteiger partial charge in [0.2, 0.25) is 11.8 Å². The lowest BCUT2D eigenvalue weighted by molar-refractivity contribution is -0.121. The van der Waals surface area contributed by atoms with E-state index in [0.29, 0.717) is 31.8 Å². The third-order valence-corrected chi connectivity index (χ3v) is 2.27. The Kier molecular flexibility index (Phi) is 8.58. The maximum absolute atomic E-state index is 11.3. The third kappa shape index (κ3) is 9.49. The molecule has 0 aromatic heterocycles. The molecule has 2 amide bonds. The minimum atomic E-state index is 0.0612. The Bertz CT molecular complexity index is 215. The van der Waals surface area contributed by atoms with Crippen LogP contribution in [-0.2, 0) is 9.59 Å². The molecule has 0 aliphatic rings. The fourth-order valence-corrected chi connectivity index (χ4v) is 1.18. The van der Waals surface area contributed by atoms with Crippen LogP contribution in [0.2, 0.25) is 0 Å². The molecule has 0 saturated heterocycles. The highest BCUT2D eigenvalue weighted by Crippen LogP contribution is 2.02. The highest BCUT2D eigenvalue weighted by atomic mass is 16.2. The molecule has 0 rings (SSSR count). The Morgan fingerprint density at radius 2 is 1.62 bits per heavy atom. The summed E-state index contributed by atoms with van der Waals surface area (Å²) in [4.78, 5) is 22.2. The smallest absolute Gasteiger partial charge is 0.220 e. The number of carbonyl (C=O) groups is 2. The van der Waals surface area contributed by atoms with E-state index in [-0.39, 0.29) is 11.8 Å². The molecule has 0 heterocycles. The third-order valence-electron chi connectivity index (χ3n) is 2.27. The maximum atomic E-state index is 11.3. The first kappa shape index (κ1) is 14.9. The Morgan fingerprint density at radius 1 is 1.06 bits per heavy atom. The van der Waals surface area contributed by atoms with Gasteiger partial charge >= 0.3 is 0 Å². The van der Waals surface area contributed by atoms with Crippen molar-refractivity contribution in [3.8, 4) is 0 Å². The summed E-state index contributed by atoms with van der Waals surface area (Å²) in [5, 5.41) is 5.61. The van der Waals surface area contributed by atoms with Gasteiger partial charge in [0.25, 0.3) is 0 Å². The highest BCUT2D eigenvalue weighted by Gasteiger charge is 2.02. The summed E-state index contributed by atoms with van der Waals surface area (Å²) in [6.45, 7) is 7.31. The van der Waals surface area contributed by atoms with Crippen LogP contribution in [0.5, 0.6) is 0 Å². The van der Waals surface area contributed by atoms with E-state index < -0.39 is 0 Å². The minimum Gasteiger partial charge on any atom is -0.356 e. The summed E-state index contributed by atoms with van der Waals surface area (Å²) < 4.78 is 0. The minimum absolute atomic E-state index is 0.0612. The van der Waals surface area contributed by atoms with E-state index in [0.717, 1.165) is 12.8 Å². The lowest BCUT2D eigenvalue weighted by Crippen LogP contribution is -2.29. The molecule has 0 fully saturated rings. The number of carbonyl (C=O) groups excluding carboxylic acids is 2. The molecular formula is C12H24N2O2. The van der Waals surface area contributed by atoms with Gasteiger partial charge in [0.1, 0.15) is 0 Å². The first-order chi connectivity index (χ1) is 7.56. The molecule has 0 spiro atoms. The van der Waals surface area contributed by atoms with Crippen LogP contribution in [0.15, 0.2) is 0 Å². The molecule has 4 nitrogen and oxygen atoms in total. The van der Waals surface area contributed by atoms with Gasteiger partial charge < -0.3 is 10.6 Å². The molecule has 0 saturated carbocycles. The van der Waals surface area contributed by atoms with Gasteiger partial charge in [-0.2, -0.15) is 0 Å². The van der Waals surface area contributed by atoms with Crippen LogP contribution in [0, 0.1) is 5.92 Å². The van der Waals surface area contributed by atoms with E-state index in [9.17, 15) is 9.59 Å². The van der Waals surface area contributed by atoms with Gasteiger partial charge in [0.15, 0.2) is 0 Å². The first-order valence-corrected chi connectivity index (χ1v) is 6.09. The predicted octanol–water partition coefficient (Wildman–Crippen LogP) is 1.46. The summed E-state index contributed by atoms with van der Waals surface area (Å²) in [5.74, 6) is 0.733. The number of amides is 2. The second kappa shape index (κ2) is 9.19. The number of rotatable bonds is 8. The van der Waals surface area contributed by atoms with Crippen LogP contribution in [0.25, 0.3) is 0 Å². The van der Waals surface area contributed by atoms with E-state index in [1.54, 1.807) is 0 Å². The van der Waals surface area contributed by atoms with E-state index in [1.165, 1.54) is 0 Å². The maximum Gasteiger partial charge on any atom is 0.220 e. The van der Waals surface area contributed by atoms with Gasteiger partial charge in [0, 0.05) is 25.9 Å². The molecule has 16 heavy (non-hydrogen) atoms. The van der Waals surface area contributed by atoms with Crippen LogP contribution in [0.3, 0.4) is 0 Å². The van der Waals surface area contributed by atoms with Crippen LogP contribution in [-0.4, -0.2) is 24.9 Å². The van der Waals surface area contributed by atoms with Crippen molar-refractivity contribution in [1.82, 2.24) is 10.6 Å². The van der Waals surface area contributed by atoms with Crippen molar-refractivity contribution in [3.05, 3.63) is 0 Å². The quantitative estimate of drug-likeness (QED) is 0.618. The van der Waals surface area contributed by atoms with Crippen molar-refractivity contribution in [2.24, 2.45) is 5.92 Å². The summed E-state index contributed by atoms with van der Waals surface area (Å²) in [6, 6.07) is 0. The average molecular weight is 228 g/mol. The highest BCUT2D eigenvalue weighted by molar-refractivity contribution is 5.76. The lowest BCUT2D eigenvalue weighted by atomic mass is 10.1. The number of hydrogen-bond acceptors (Lipinski definition) is 2. The molecule has 94 valence electrons. The number of hydrogen-bond donors (Lipinski definition) is 2. The monoisotopic (exact) mass is 228 g/mol. The molecular weight excluding hydrogens is 204 g/mol. The van der Waals surface area contributed by atoms with Gasteiger partial charge in [-0.25, -0.2) is 0 Å². The van der Waals surface area contributed by atoms with E-state index in [4.69, 9.17) is 0 Å². The van der Waals surface area contributed by atoms with Gasteiger partial charge in [-0.1, -0.05) is 20.8 Å². The summed E-state index contributed by atoms with van der Waals surface area (Å²) in [7, 11) is 0. The zero-order chi connectivity index (χ0) is 12.4. The van der Waals surface area contributed by atoms with Crippen molar-refractivity contribution in [3.63, 3.8) is 0 Å². The van der Waals surface area contributed by atoms with Gasteiger partial charge in [0.05, 0.1) is 0 Å². The molecule has 0 unspecified atom stereocenters. The molecule has 0 radical (unpaired) electrons. The summed E-state index contributed by atoms with van der Waals surface area (Å²) in [6.07, 6.45) is 2.83. The SMILES string of the molecule is CCC(=O)NCCCNC(=O)CCC(C)C. The van der Waals surface area contributed by atoms with Gasteiger partial charge in [-0.3, -0.25) is 9.59 Å². The number of nitrogens with one attached hydrogen (secondary N) is 2. The van der Waals surface area contributed by atoms with E-state index in [1.807, 2.05) is 6.92 Å². The van der Waals surface area contributed by atoms with Crippen LogP contribution in [0.4, 0.5) is 0 Å². The molecule has 4 heteroatoms. The zero-order valence-electron chi connectivity index (χ0n) is 10.6. The molecule has 0 bridgehead atoms. The van der Waals surface area contributed by atoms with Gasteiger partial charge in [-0.15, -0.1) is 0 Å². The largest absolute Gasteiger partial charge is 0.356 e. The van der Waals surface area contributed by atoms with Crippen molar-refractivity contribution in [2.45, 2.75) is 46.5 Å². The van der Waals surface area contributed by atoms with Gasteiger partial charge in [-0.05, 0) is 18.8 Å². The van der Waals surface area contributed by atoms with Crippen molar-refractivity contribution < 1.29 is 9.59 Å². The summed E-state index contributed by atoms with van der Waals surface area (Å²) in [5.41, 5.74) is 0. The topological polar surface area (TPSA) is 58.2 Å². The van der Waals surface area contributed by atoms with Crippen LogP contribution >= 0.6 is 0 Å². The summed E-state index contributed by atoms with van der Waals surface area (Å²) >= 11 is 0. The fraction of sp³-hybridized carbons (Fsp3) is 0.833. The fourth-order valence-electron chi connectivity index (χ4n) is 1.18. The van der Waals surface area contributed by atoms with Crippen molar-refractivity contribution in [1.29, 1.82) is 0 Å².